The van der Waals surface area contributed by atoms with Crippen molar-refractivity contribution < 1.29 is 14.3 Å². The molecule has 17 heavy (non-hydrogen) atoms. The first-order valence-electron chi connectivity index (χ1n) is 5.03. The van der Waals surface area contributed by atoms with Crippen LogP contribution in [0.1, 0.15) is 16.1 Å². The molecule has 0 saturated carbocycles. The van der Waals surface area contributed by atoms with Gasteiger partial charge in [0.15, 0.2) is 0 Å². The van der Waals surface area contributed by atoms with Gasteiger partial charge in [0.2, 0.25) is 0 Å². The molecule has 4 nitrogen and oxygen atoms in total. The molecule has 0 amide bonds. The lowest BCUT2D eigenvalue weighted by Crippen LogP contribution is -2.02. The monoisotopic (exact) mass is 234 g/mol. The van der Waals surface area contributed by atoms with Crippen molar-refractivity contribution in [2.75, 3.05) is 0 Å². The molecule has 2 rings (SSSR count). The van der Waals surface area contributed by atoms with Gasteiger partial charge in [-0.05, 0) is 13.0 Å². The van der Waals surface area contributed by atoms with E-state index in [9.17, 15) is 9.18 Å². The Morgan fingerprint density at radius 1 is 1.41 bits per heavy atom. The van der Waals surface area contributed by atoms with Gasteiger partial charge in [0, 0.05) is 23.9 Å². The molecule has 2 aromatic rings. The fourth-order valence-corrected chi connectivity index (χ4v) is 1.67. The van der Waals surface area contributed by atoms with Gasteiger partial charge in [-0.15, -0.1) is 0 Å². The highest BCUT2D eigenvalue weighted by Gasteiger charge is 2.17. The van der Waals surface area contributed by atoms with Crippen molar-refractivity contribution in [1.29, 1.82) is 0 Å². The summed E-state index contributed by atoms with van der Waals surface area (Å²) in [5.74, 6) is -2.00. The van der Waals surface area contributed by atoms with Crippen LogP contribution < -0.4 is 0 Å². The molecule has 0 bridgehead atoms. The summed E-state index contributed by atoms with van der Waals surface area (Å²) < 4.78 is 15.6. The maximum absolute atomic E-state index is 14.0. The number of benzene rings is 1. The number of aromatic carboxylic acids is 1. The molecule has 0 fully saturated rings. The highest BCUT2D eigenvalue weighted by molar-refractivity contribution is 5.90. The third-order valence-corrected chi connectivity index (χ3v) is 2.75. The number of carbonyl (C=O) groups is 1. The largest absolute Gasteiger partial charge is 0.478 e. The van der Waals surface area contributed by atoms with Crippen LogP contribution in [0.4, 0.5) is 4.39 Å². The second kappa shape index (κ2) is 4.01. The van der Waals surface area contributed by atoms with Crippen molar-refractivity contribution in [3.63, 3.8) is 0 Å². The Morgan fingerprint density at radius 2 is 2.12 bits per heavy atom. The van der Waals surface area contributed by atoms with Crippen molar-refractivity contribution in [2.45, 2.75) is 6.92 Å². The number of aryl methyl sites for hydroxylation is 1. The number of rotatable bonds is 2. The smallest absolute Gasteiger partial charge is 0.338 e. The van der Waals surface area contributed by atoms with Crippen LogP contribution in [-0.2, 0) is 7.05 Å². The minimum Gasteiger partial charge on any atom is -0.478 e. The molecule has 1 N–H and O–H groups in total. The van der Waals surface area contributed by atoms with Crippen LogP contribution in [0.2, 0.25) is 0 Å². The Bertz CT molecular complexity index is 590. The maximum atomic E-state index is 14.0. The average molecular weight is 234 g/mol. The summed E-state index contributed by atoms with van der Waals surface area (Å²) in [6.45, 7) is 1.80. The first-order valence-corrected chi connectivity index (χ1v) is 5.03. The molecule has 1 aromatic carbocycles. The highest BCUT2D eigenvalue weighted by Crippen LogP contribution is 2.27. The lowest BCUT2D eigenvalue weighted by Gasteiger charge is -2.05. The summed E-state index contributed by atoms with van der Waals surface area (Å²) in [5.41, 5.74) is 1.32. The SMILES string of the molecule is Cc1c(-c2cccc(C(=O)O)c2F)cnn1C. The fourth-order valence-electron chi connectivity index (χ4n) is 1.67. The number of aromatic nitrogens is 2. The Labute approximate surface area is 97.3 Å². The van der Waals surface area contributed by atoms with Crippen LogP contribution in [0.3, 0.4) is 0 Å². The van der Waals surface area contributed by atoms with Gasteiger partial charge in [0.05, 0.1) is 11.8 Å². The minimum atomic E-state index is -1.27. The van der Waals surface area contributed by atoms with Gasteiger partial charge >= 0.3 is 5.97 Å². The van der Waals surface area contributed by atoms with Crippen molar-refractivity contribution in [2.24, 2.45) is 7.05 Å². The third-order valence-electron chi connectivity index (χ3n) is 2.75. The fraction of sp³-hybridized carbons (Fsp3) is 0.167. The molecule has 0 saturated heterocycles. The van der Waals surface area contributed by atoms with Crippen LogP contribution in [0.25, 0.3) is 11.1 Å². The quantitative estimate of drug-likeness (QED) is 0.866. The molecular weight excluding hydrogens is 223 g/mol. The first-order chi connectivity index (χ1) is 8.02. The predicted molar refractivity (Wildman–Crippen MR) is 60.3 cm³/mol. The molecule has 5 heteroatoms. The van der Waals surface area contributed by atoms with Crippen molar-refractivity contribution in [1.82, 2.24) is 9.78 Å². The van der Waals surface area contributed by atoms with Crippen LogP contribution in [0.5, 0.6) is 0 Å². The molecule has 0 unspecified atom stereocenters. The molecule has 0 atom stereocenters. The Hall–Kier alpha value is -2.17. The summed E-state index contributed by atoms with van der Waals surface area (Å²) in [7, 11) is 1.75. The lowest BCUT2D eigenvalue weighted by atomic mass is 10.0. The molecular formula is C12H11FN2O2. The minimum absolute atomic E-state index is 0.260. The van der Waals surface area contributed by atoms with E-state index in [4.69, 9.17) is 5.11 Å². The average Bonchev–Trinajstić information content (AvgIpc) is 2.60. The van der Waals surface area contributed by atoms with E-state index in [1.165, 1.54) is 18.3 Å². The number of hydrogen-bond donors (Lipinski definition) is 1. The van der Waals surface area contributed by atoms with E-state index in [0.29, 0.717) is 5.56 Å². The third kappa shape index (κ3) is 1.80. The van der Waals surface area contributed by atoms with E-state index >= 15 is 0 Å². The first kappa shape index (κ1) is 11.3. The van der Waals surface area contributed by atoms with Crippen LogP contribution in [0.15, 0.2) is 24.4 Å². The molecule has 88 valence electrons. The molecule has 0 aliphatic carbocycles. The Morgan fingerprint density at radius 3 is 2.65 bits per heavy atom. The van der Waals surface area contributed by atoms with Gasteiger partial charge in [0.1, 0.15) is 5.82 Å². The van der Waals surface area contributed by atoms with E-state index in [0.717, 1.165) is 5.69 Å². The van der Waals surface area contributed by atoms with Crippen molar-refractivity contribution in [3.8, 4) is 11.1 Å². The van der Waals surface area contributed by atoms with Gasteiger partial charge in [-0.3, -0.25) is 4.68 Å². The van der Waals surface area contributed by atoms with Gasteiger partial charge in [-0.2, -0.15) is 5.10 Å². The summed E-state index contributed by atoms with van der Waals surface area (Å²) in [4.78, 5) is 10.8. The van der Waals surface area contributed by atoms with E-state index in [-0.39, 0.29) is 11.1 Å². The number of carboxylic acid groups (broad SMARTS) is 1. The maximum Gasteiger partial charge on any atom is 0.338 e. The predicted octanol–water partition coefficient (Wildman–Crippen LogP) is 2.23. The summed E-state index contributed by atoms with van der Waals surface area (Å²) in [6.07, 6.45) is 1.53. The highest BCUT2D eigenvalue weighted by atomic mass is 19.1. The van der Waals surface area contributed by atoms with Gasteiger partial charge in [-0.25, -0.2) is 9.18 Å². The van der Waals surface area contributed by atoms with Crippen molar-refractivity contribution in [3.05, 3.63) is 41.5 Å². The van der Waals surface area contributed by atoms with Crippen molar-refractivity contribution >= 4 is 5.97 Å². The number of halogens is 1. The normalized spacial score (nSPS) is 10.5. The van der Waals surface area contributed by atoms with Crippen LogP contribution >= 0.6 is 0 Å². The molecule has 0 aliphatic rings. The van der Waals surface area contributed by atoms with Crippen LogP contribution in [-0.4, -0.2) is 20.9 Å². The summed E-state index contributed by atoms with van der Waals surface area (Å²) in [5, 5.41) is 12.9. The van der Waals surface area contributed by atoms with Crippen LogP contribution in [0, 0.1) is 12.7 Å². The molecule has 0 spiro atoms. The van der Waals surface area contributed by atoms with E-state index in [1.807, 2.05) is 0 Å². The zero-order chi connectivity index (χ0) is 12.6. The number of hydrogen-bond acceptors (Lipinski definition) is 2. The number of carboxylic acids is 1. The zero-order valence-electron chi connectivity index (χ0n) is 9.44. The Balaban J connectivity index is 2.65. The molecule has 1 aromatic heterocycles. The van der Waals surface area contributed by atoms with E-state index in [1.54, 1.807) is 24.7 Å². The van der Waals surface area contributed by atoms with E-state index < -0.39 is 11.8 Å². The van der Waals surface area contributed by atoms with Gasteiger partial charge in [-0.1, -0.05) is 12.1 Å². The standard InChI is InChI=1S/C12H11FN2O2/c1-7-10(6-14-15(7)2)8-4-3-5-9(11(8)13)12(16)17/h3-6H,1-2H3,(H,16,17). The molecule has 0 aliphatic heterocycles. The van der Waals surface area contributed by atoms with Gasteiger partial charge < -0.3 is 5.11 Å². The number of nitrogens with zero attached hydrogens (tertiary/aromatic N) is 2. The molecule has 0 radical (unpaired) electrons. The topological polar surface area (TPSA) is 55.1 Å². The second-order valence-electron chi connectivity index (χ2n) is 3.74. The Kier molecular flexibility index (Phi) is 2.67. The zero-order valence-corrected chi connectivity index (χ0v) is 9.44. The summed E-state index contributed by atoms with van der Waals surface area (Å²) >= 11 is 0. The van der Waals surface area contributed by atoms with Gasteiger partial charge in [0.25, 0.3) is 0 Å². The van der Waals surface area contributed by atoms with E-state index in [2.05, 4.69) is 5.10 Å². The molecule has 1 heterocycles. The lowest BCUT2D eigenvalue weighted by molar-refractivity contribution is 0.0692. The summed E-state index contributed by atoms with van der Waals surface area (Å²) in [6, 6.07) is 4.31. The second-order valence-corrected chi connectivity index (χ2v) is 3.74.